The number of rotatable bonds is 7. The second-order valence-electron chi connectivity index (χ2n) is 6.72. The molecular weight excluding hydrogens is 250 g/mol. The summed E-state index contributed by atoms with van der Waals surface area (Å²) in [4.78, 5) is 14.3. The second-order valence-corrected chi connectivity index (χ2v) is 6.72. The maximum atomic E-state index is 12.1. The van der Waals surface area contributed by atoms with Gasteiger partial charge in [0.1, 0.15) is 0 Å². The van der Waals surface area contributed by atoms with E-state index in [0.29, 0.717) is 13.1 Å². The Morgan fingerprint density at radius 2 is 2.05 bits per heavy atom. The summed E-state index contributed by atoms with van der Waals surface area (Å²) in [5, 5.41) is 3.08. The summed E-state index contributed by atoms with van der Waals surface area (Å²) in [5.41, 5.74) is 6.06. The van der Waals surface area contributed by atoms with Crippen molar-refractivity contribution in [3.63, 3.8) is 0 Å². The summed E-state index contributed by atoms with van der Waals surface area (Å²) < 4.78 is 0. The maximum Gasteiger partial charge on any atom is 0.234 e. The van der Waals surface area contributed by atoms with Gasteiger partial charge in [-0.3, -0.25) is 9.69 Å². The molecule has 0 aromatic rings. The van der Waals surface area contributed by atoms with Crippen molar-refractivity contribution in [3.05, 3.63) is 0 Å². The van der Waals surface area contributed by atoms with Gasteiger partial charge in [0.25, 0.3) is 0 Å². The molecule has 1 unspecified atom stereocenters. The third-order valence-electron chi connectivity index (χ3n) is 4.90. The number of carbonyl (C=O) groups is 1. The van der Waals surface area contributed by atoms with Crippen LogP contribution in [0.1, 0.15) is 59.3 Å². The normalized spacial score (nSPS) is 28.4. The van der Waals surface area contributed by atoms with Gasteiger partial charge in [0.2, 0.25) is 5.91 Å². The molecule has 118 valence electrons. The first-order valence-corrected chi connectivity index (χ1v) is 8.14. The highest BCUT2D eigenvalue weighted by molar-refractivity contribution is 5.78. The third kappa shape index (κ3) is 4.74. The minimum absolute atomic E-state index is 0.0256. The van der Waals surface area contributed by atoms with Crippen molar-refractivity contribution in [2.24, 2.45) is 11.7 Å². The molecule has 0 aromatic carbocycles. The number of nitrogens with zero attached hydrogens (tertiary/aromatic N) is 1. The number of carbonyl (C=O) groups excluding carboxylic acids is 1. The molecule has 0 heterocycles. The second kappa shape index (κ2) is 7.99. The van der Waals surface area contributed by atoms with Gasteiger partial charge >= 0.3 is 0 Å². The molecule has 1 saturated carbocycles. The summed E-state index contributed by atoms with van der Waals surface area (Å²) >= 11 is 0. The van der Waals surface area contributed by atoms with Gasteiger partial charge in [0, 0.05) is 18.1 Å². The first kappa shape index (κ1) is 17.4. The zero-order valence-corrected chi connectivity index (χ0v) is 13.7. The Kier molecular flexibility index (Phi) is 6.96. The van der Waals surface area contributed by atoms with Crippen LogP contribution >= 0.6 is 0 Å². The Morgan fingerprint density at radius 1 is 1.45 bits per heavy atom. The average molecular weight is 283 g/mol. The van der Waals surface area contributed by atoms with E-state index in [1.807, 2.05) is 7.05 Å². The molecule has 4 heteroatoms. The first-order chi connectivity index (χ1) is 9.43. The van der Waals surface area contributed by atoms with Crippen LogP contribution in [0.4, 0.5) is 0 Å². The molecule has 0 spiro atoms. The van der Waals surface area contributed by atoms with Crippen LogP contribution < -0.4 is 11.1 Å². The molecule has 1 aliphatic carbocycles. The summed E-state index contributed by atoms with van der Waals surface area (Å²) in [6.45, 7) is 7.62. The Balaban J connectivity index is 2.50. The van der Waals surface area contributed by atoms with Crippen LogP contribution in [0.15, 0.2) is 0 Å². The lowest BCUT2D eigenvalue weighted by molar-refractivity contribution is -0.124. The standard InChI is InChI=1S/C16H33N3O/c1-5-6-14(3)18-15(20)11-19(4)16(12-17)9-7-13(2)8-10-16/h13-14H,5-12,17H2,1-4H3,(H,18,20). The summed E-state index contributed by atoms with van der Waals surface area (Å²) in [5.74, 6) is 0.918. The maximum absolute atomic E-state index is 12.1. The van der Waals surface area contributed by atoms with E-state index >= 15 is 0 Å². The van der Waals surface area contributed by atoms with Crippen molar-refractivity contribution in [1.82, 2.24) is 10.2 Å². The van der Waals surface area contributed by atoms with Crippen LogP contribution in [0.5, 0.6) is 0 Å². The van der Waals surface area contributed by atoms with Gasteiger partial charge < -0.3 is 11.1 Å². The van der Waals surface area contributed by atoms with E-state index in [4.69, 9.17) is 5.73 Å². The monoisotopic (exact) mass is 283 g/mol. The van der Waals surface area contributed by atoms with E-state index in [2.05, 4.69) is 31.0 Å². The molecule has 0 aromatic heterocycles. The number of hydrogen-bond acceptors (Lipinski definition) is 3. The van der Waals surface area contributed by atoms with E-state index < -0.39 is 0 Å². The van der Waals surface area contributed by atoms with Crippen LogP contribution in [0, 0.1) is 5.92 Å². The van der Waals surface area contributed by atoms with E-state index in [-0.39, 0.29) is 17.5 Å². The van der Waals surface area contributed by atoms with Gasteiger partial charge in [-0.1, -0.05) is 20.3 Å². The van der Waals surface area contributed by atoms with Crippen molar-refractivity contribution in [2.45, 2.75) is 70.9 Å². The van der Waals surface area contributed by atoms with Crippen LogP contribution in [0.25, 0.3) is 0 Å². The Labute approximate surface area is 124 Å². The molecule has 1 fully saturated rings. The fourth-order valence-corrected chi connectivity index (χ4v) is 3.25. The molecule has 0 saturated heterocycles. The Morgan fingerprint density at radius 3 is 2.55 bits per heavy atom. The largest absolute Gasteiger partial charge is 0.353 e. The quantitative estimate of drug-likeness (QED) is 0.752. The van der Waals surface area contributed by atoms with Crippen molar-refractivity contribution >= 4 is 5.91 Å². The number of likely N-dealkylation sites (N-methyl/N-ethyl adjacent to an activating group) is 1. The van der Waals surface area contributed by atoms with Crippen molar-refractivity contribution in [1.29, 1.82) is 0 Å². The average Bonchev–Trinajstić information content (AvgIpc) is 2.39. The fraction of sp³-hybridized carbons (Fsp3) is 0.938. The highest BCUT2D eigenvalue weighted by Gasteiger charge is 2.37. The smallest absolute Gasteiger partial charge is 0.234 e. The number of nitrogens with one attached hydrogen (secondary N) is 1. The number of nitrogens with two attached hydrogens (primary N) is 1. The molecule has 0 radical (unpaired) electrons. The Hall–Kier alpha value is -0.610. The first-order valence-electron chi connectivity index (χ1n) is 8.14. The zero-order chi connectivity index (χ0) is 15.2. The predicted molar refractivity (Wildman–Crippen MR) is 84.6 cm³/mol. The van der Waals surface area contributed by atoms with Gasteiger partial charge in [-0.25, -0.2) is 0 Å². The molecule has 1 amide bonds. The molecule has 1 aliphatic rings. The minimum atomic E-state index is 0.0256. The van der Waals surface area contributed by atoms with E-state index in [0.717, 1.165) is 31.6 Å². The van der Waals surface area contributed by atoms with E-state index in [9.17, 15) is 4.79 Å². The van der Waals surface area contributed by atoms with Gasteiger partial charge in [0.05, 0.1) is 6.54 Å². The van der Waals surface area contributed by atoms with E-state index in [1.165, 1.54) is 12.8 Å². The van der Waals surface area contributed by atoms with E-state index in [1.54, 1.807) is 0 Å². The minimum Gasteiger partial charge on any atom is -0.353 e. The molecule has 3 N–H and O–H groups in total. The highest BCUT2D eigenvalue weighted by atomic mass is 16.2. The highest BCUT2D eigenvalue weighted by Crippen LogP contribution is 2.34. The van der Waals surface area contributed by atoms with Crippen LogP contribution in [-0.4, -0.2) is 42.5 Å². The molecule has 4 nitrogen and oxygen atoms in total. The van der Waals surface area contributed by atoms with Crippen LogP contribution in [-0.2, 0) is 4.79 Å². The lowest BCUT2D eigenvalue weighted by atomic mass is 9.76. The van der Waals surface area contributed by atoms with Gasteiger partial charge in [-0.2, -0.15) is 0 Å². The van der Waals surface area contributed by atoms with Gasteiger partial charge in [0.15, 0.2) is 0 Å². The summed E-state index contributed by atoms with van der Waals surface area (Å²) in [6, 6.07) is 0.265. The zero-order valence-electron chi connectivity index (χ0n) is 13.7. The number of hydrogen-bond donors (Lipinski definition) is 2. The summed E-state index contributed by atoms with van der Waals surface area (Å²) in [7, 11) is 2.05. The van der Waals surface area contributed by atoms with Crippen LogP contribution in [0.2, 0.25) is 0 Å². The SMILES string of the molecule is CCCC(C)NC(=O)CN(C)C1(CN)CCC(C)CC1. The van der Waals surface area contributed by atoms with Crippen molar-refractivity contribution in [2.75, 3.05) is 20.1 Å². The number of amides is 1. The van der Waals surface area contributed by atoms with Gasteiger partial charge in [-0.15, -0.1) is 0 Å². The van der Waals surface area contributed by atoms with Crippen LogP contribution in [0.3, 0.4) is 0 Å². The van der Waals surface area contributed by atoms with Gasteiger partial charge in [-0.05, 0) is 52.0 Å². The third-order valence-corrected chi connectivity index (χ3v) is 4.90. The predicted octanol–water partition coefficient (Wildman–Crippen LogP) is 2.13. The Bertz CT molecular complexity index is 298. The lowest BCUT2D eigenvalue weighted by Gasteiger charge is -2.45. The van der Waals surface area contributed by atoms with Crippen molar-refractivity contribution < 1.29 is 4.79 Å². The molecule has 1 rings (SSSR count). The fourth-order valence-electron chi connectivity index (χ4n) is 3.25. The molecular formula is C16H33N3O. The lowest BCUT2D eigenvalue weighted by Crippen LogP contribution is -2.56. The summed E-state index contributed by atoms with van der Waals surface area (Å²) in [6.07, 6.45) is 6.79. The molecule has 20 heavy (non-hydrogen) atoms. The van der Waals surface area contributed by atoms with Crippen molar-refractivity contribution in [3.8, 4) is 0 Å². The topological polar surface area (TPSA) is 58.4 Å². The molecule has 1 atom stereocenters. The molecule has 0 bridgehead atoms. The molecule has 0 aliphatic heterocycles.